The number of ether oxygens (including phenoxy) is 1. The van der Waals surface area contributed by atoms with Crippen molar-refractivity contribution in [3.05, 3.63) is 73.4 Å². The summed E-state index contributed by atoms with van der Waals surface area (Å²) < 4.78 is 6.82. The number of nitrogen functional groups attached to an aromatic ring is 1. The maximum atomic E-state index is 13.3. The van der Waals surface area contributed by atoms with Crippen molar-refractivity contribution in [3.63, 3.8) is 0 Å². The largest absolute Gasteiger partial charge is 0.495 e. The fourth-order valence-corrected chi connectivity index (χ4v) is 4.54. The maximum absolute atomic E-state index is 13.3. The van der Waals surface area contributed by atoms with Crippen LogP contribution in [0.3, 0.4) is 0 Å². The van der Waals surface area contributed by atoms with Crippen LogP contribution >= 0.6 is 23.2 Å². The number of nitrogens with zero attached hydrogens (tertiary/aromatic N) is 4. The first-order valence-corrected chi connectivity index (χ1v) is 11.1. The van der Waals surface area contributed by atoms with Crippen molar-refractivity contribution in [1.82, 2.24) is 19.5 Å². The van der Waals surface area contributed by atoms with Gasteiger partial charge in [0.1, 0.15) is 22.8 Å². The predicted molar refractivity (Wildman–Crippen MR) is 132 cm³/mol. The van der Waals surface area contributed by atoms with E-state index in [1.165, 1.54) is 11.7 Å². The zero-order valence-electron chi connectivity index (χ0n) is 18.7. The number of hydrogen-bond acceptors (Lipinski definition) is 6. The molecule has 2 aromatic carbocycles. The Morgan fingerprint density at radius 3 is 2.61 bits per heavy atom. The van der Waals surface area contributed by atoms with Crippen LogP contribution < -0.4 is 16.0 Å². The standard InChI is InChI=1S/C24H23Cl2N5O2/c1-5-13-9-17(33-4)21(26)19(20(13)25)22-24(32)31(3)23-16(29-22)11-28-18(30-23)10-14-12(2)7-6-8-15(14)27/h6-9,11H,5,10,27H2,1-4H3. The number of aryl methyl sites for hydroxylation is 3. The molecule has 0 aliphatic carbocycles. The molecule has 4 rings (SSSR count). The van der Waals surface area contributed by atoms with E-state index in [4.69, 9.17) is 33.7 Å². The Morgan fingerprint density at radius 1 is 1.18 bits per heavy atom. The van der Waals surface area contributed by atoms with E-state index in [-0.39, 0.29) is 16.3 Å². The molecule has 0 spiro atoms. The van der Waals surface area contributed by atoms with Gasteiger partial charge < -0.3 is 10.5 Å². The van der Waals surface area contributed by atoms with Crippen LogP contribution in [0, 0.1) is 6.92 Å². The highest BCUT2D eigenvalue weighted by Crippen LogP contribution is 2.41. The molecule has 4 aromatic rings. The molecule has 170 valence electrons. The van der Waals surface area contributed by atoms with Gasteiger partial charge in [-0.05, 0) is 42.2 Å². The summed E-state index contributed by atoms with van der Waals surface area (Å²) in [6, 6.07) is 7.51. The second-order valence-electron chi connectivity index (χ2n) is 7.73. The topological polar surface area (TPSA) is 95.9 Å². The van der Waals surface area contributed by atoms with Crippen molar-refractivity contribution in [2.45, 2.75) is 26.7 Å². The molecule has 33 heavy (non-hydrogen) atoms. The van der Waals surface area contributed by atoms with Gasteiger partial charge in [-0.1, -0.05) is 42.3 Å². The number of nitrogens with two attached hydrogens (primary N) is 1. The van der Waals surface area contributed by atoms with Crippen molar-refractivity contribution in [2.24, 2.45) is 7.05 Å². The molecule has 2 aromatic heterocycles. The van der Waals surface area contributed by atoms with Crippen molar-refractivity contribution < 1.29 is 4.74 Å². The van der Waals surface area contributed by atoms with Gasteiger partial charge in [0, 0.05) is 24.7 Å². The molecule has 0 aliphatic rings. The minimum Gasteiger partial charge on any atom is -0.495 e. The number of methoxy groups -OCH3 is 1. The summed E-state index contributed by atoms with van der Waals surface area (Å²) >= 11 is 13.2. The molecule has 0 unspecified atom stereocenters. The van der Waals surface area contributed by atoms with Crippen LogP contribution in [0.15, 0.2) is 35.3 Å². The Hall–Kier alpha value is -3.16. The van der Waals surface area contributed by atoms with E-state index < -0.39 is 0 Å². The second kappa shape index (κ2) is 9.00. The second-order valence-corrected chi connectivity index (χ2v) is 8.49. The predicted octanol–water partition coefficient (Wildman–Crippen LogP) is 4.75. The zero-order chi connectivity index (χ0) is 23.9. The van der Waals surface area contributed by atoms with Gasteiger partial charge in [-0.3, -0.25) is 9.36 Å². The molecule has 0 radical (unpaired) electrons. The Bertz CT molecular complexity index is 1400. The van der Waals surface area contributed by atoms with Gasteiger partial charge in [0.05, 0.1) is 23.4 Å². The lowest BCUT2D eigenvalue weighted by atomic mass is 10.0. The first-order chi connectivity index (χ1) is 15.8. The molecule has 0 amide bonds. The molecule has 0 saturated carbocycles. The van der Waals surface area contributed by atoms with Crippen molar-refractivity contribution in [1.29, 1.82) is 0 Å². The van der Waals surface area contributed by atoms with Gasteiger partial charge >= 0.3 is 0 Å². The van der Waals surface area contributed by atoms with E-state index >= 15 is 0 Å². The van der Waals surface area contributed by atoms with Gasteiger partial charge in [-0.2, -0.15) is 0 Å². The fourth-order valence-electron chi connectivity index (χ4n) is 3.80. The van der Waals surface area contributed by atoms with E-state index in [0.717, 1.165) is 16.7 Å². The summed E-state index contributed by atoms with van der Waals surface area (Å²) in [5.41, 5.74) is 10.6. The molecule has 2 heterocycles. The molecule has 2 N–H and O–H groups in total. The molecule has 0 saturated heterocycles. The lowest BCUT2D eigenvalue weighted by Crippen LogP contribution is -2.22. The summed E-state index contributed by atoms with van der Waals surface area (Å²) in [4.78, 5) is 27.0. The van der Waals surface area contributed by atoms with Crippen LogP contribution in [0.1, 0.15) is 29.4 Å². The third-order valence-electron chi connectivity index (χ3n) is 5.72. The number of fused-ring (bicyclic) bond motifs is 1. The Kier molecular flexibility index (Phi) is 6.28. The Labute approximate surface area is 201 Å². The third kappa shape index (κ3) is 4.03. The highest BCUT2D eigenvalue weighted by atomic mass is 35.5. The maximum Gasteiger partial charge on any atom is 0.278 e. The summed E-state index contributed by atoms with van der Waals surface area (Å²) in [6.07, 6.45) is 2.68. The van der Waals surface area contributed by atoms with Crippen LogP contribution in [-0.2, 0) is 19.9 Å². The van der Waals surface area contributed by atoms with Gasteiger partial charge in [0.25, 0.3) is 5.56 Å². The van der Waals surface area contributed by atoms with E-state index in [9.17, 15) is 4.79 Å². The summed E-state index contributed by atoms with van der Waals surface area (Å²) in [5.74, 6) is 0.970. The molecule has 0 fully saturated rings. The lowest BCUT2D eigenvalue weighted by Gasteiger charge is -2.15. The molecule has 0 bridgehead atoms. The highest BCUT2D eigenvalue weighted by Gasteiger charge is 2.23. The monoisotopic (exact) mass is 483 g/mol. The molecule has 0 atom stereocenters. The normalized spacial score (nSPS) is 11.2. The molecule has 7 nitrogen and oxygen atoms in total. The van der Waals surface area contributed by atoms with Crippen LogP contribution in [0.25, 0.3) is 22.4 Å². The zero-order valence-corrected chi connectivity index (χ0v) is 20.3. The minimum atomic E-state index is -0.373. The van der Waals surface area contributed by atoms with Gasteiger partial charge in [0.2, 0.25) is 0 Å². The van der Waals surface area contributed by atoms with Crippen LogP contribution in [-0.4, -0.2) is 26.6 Å². The number of benzene rings is 2. The molecular weight excluding hydrogens is 461 g/mol. The van der Waals surface area contributed by atoms with Gasteiger partial charge in [-0.15, -0.1) is 0 Å². The minimum absolute atomic E-state index is 0.119. The lowest BCUT2D eigenvalue weighted by molar-refractivity contribution is 0.414. The summed E-state index contributed by atoms with van der Waals surface area (Å²) in [5, 5.41) is 0.607. The van der Waals surface area contributed by atoms with Crippen LogP contribution in [0.4, 0.5) is 5.69 Å². The Morgan fingerprint density at radius 2 is 1.94 bits per heavy atom. The number of hydrogen-bond donors (Lipinski definition) is 1. The number of aromatic nitrogens is 4. The van der Waals surface area contributed by atoms with Crippen molar-refractivity contribution >= 4 is 40.1 Å². The Balaban J connectivity index is 1.89. The average Bonchev–Trinajstić information content (AvgIpc) is 2.80. The number of anilines is 1. The summed E-state index contributed by atoms with van der Waals surface area (Å²) in [6.45, 7) is 3.95. The fraction of sp³-hybridized carbons (Fsp3) is 0.250. The van der Waals surface area contributed by atoms with Gasteiger partial charge in [-0.25, -0.2) is 15.0 Å². The SMILES string of the molecule is CCc1cc(OC)c(Cl)c(-c2nc3cnc(Cc4c(C)cccc4N)nc3n(C)c2=O)c1Cl. The van der Waals surface area contributed by atoms with E-state index in [1.807, 2.05) is 32.0 Å². The summed E-state index contributed by atoms with van der Waals surface area (Å²) in [7, 11) is 3.15. The first-order valence-electron chi connectivity index (χ1n) is 10.4. The average molecular weight is 484 g/mol. The van der Waals surface area contributed by atoms with E-state index in [2.05, 4.69) is 15.0 Å². The van der Waals surface area contributed by atoms with Gasteiger partial charge in [0.15, 0.2) is 5.65 Å². The quantitative estimate of drug-likeness (QED) is 0.411. The first kappa shape index (κ1) is 23.0. The molecule has 9 heteroatoms. The van der Waals surface area contributed by atoms with E-state index in [0.29, 0.717) is 51.9 Å². The molecule has 0 aliphatic heterocycles. The van der Waals surface area contributed by atoms with E-state index in [1.54, 1.807) is 19.3 Å². The van der Waals surface area contributed by atoms with Crippen molar-refractivity contribution in [2.75, 3.05) is 12.8 Å². The number of halogens is 2. The molecular formula is C24H23Cl2N5O2. The van der Waals surface area contributed by atoms with Crippen molar-refractivity contribution in [3.8, 4) is 17.0 Å². The number of rotatable bonds is 5. The van der Waals surface area contributed by atoms with Crippen LogP contribution in [0.5, 0.6) is 5.75 Å². The third-order valence-corrected chi connectivity index (χ3v) is 6.53. The highest BCUT2D eigenvalue weighted by molar-refractivity contribution is 6.40. The smallest absolute Gasteiger partial charge is 0.278 e. The van der Waals surface area contributed by atoms with Crippen LogP contribution in [0.2, 0.25) is 10.0 Å².